The van der Waals surface area contributed by atoms with Gasteiger partial charge in [0.15, 0.2) is 5.82 Å². The van der Waals surface area contributed by atoms with Gasteiger partial charge < -0.3 is 15.0 Å². The molecule has 1 N–H and O–H groups in total. The molecular weight excluding hydrogens is 440 g/mol. The number of carbonyl (C=O) groups is 2. The molecule has 0 radical (unpaired) electrons. The predicted molar refractivity (Wildman–Crippen MR) is 137 cm³/mol. The zero-order chi connectivity index (χ0) is 24.8. The van der Waals surface area contributed by atoms with Crippen molar-refractivity contribution in [1.82, 2.24) is 14.7 Å². The Morgan fingerprint density at radius 3 is 2.29 bits per heavy atom. The molecule has 1 atom stereocenters. The van der Waals surface area contributed by atoms with Gasteiger partial charge in [0.2, 0.25) is 11.8 Å². The first-order chi connectivity index (χ1) is 16.9. The molecule has 7 nitrogen and oxygen atoms in total. The summed E-state index contributed by atoms with van der Waals surface area (Å²) in [6, 6.07) is 19.5. The van der Waals surface area contributed by atoms with Crippen molar-refractivity contribution in [1.29, 1.82) is 0 Å². The fraction of sp³-hybridized carbons (Fsp3) is 0.393. The first-order valence-electron chi connectivity index (χ1n) is 12.3. The second kappa shape index (κ2) is 11.3. The van der Waals surface area contributed by atoms with E-state index in [2.05, 4.69) is 10.4 Å². The second-order valence-corrected chi connectivity index (χ2v) is 9.38. The number of benzene rings is 2. The summed E-state index contributed by atoms with van der Waals surface area (Å²) in [7, 11) is 0. The van der Waals surface area contributed by atoms with Crippen LogP contribution < -0.4 is 5.32 Å². The largest absolute Gasteiger partial charge is 0.381 e. The maximum absolute atomic E-state index is 13.3. The van der Waals surface area contributed by atoms with Gasteiger partial charge in [0.1, 0.15) is 6.54 Å². The Bertz CT molecular complexity index is 1120. The SMILES string of the molecule is CC(C(=O)N(CC(=O)Nc1nn(-c2ccccc2)cc1-c1ccccc1)C(C)C)C1CCOCC1. The topological polar surface area (TPSA) is 76.5 Å². The molecule has 35 heavy (non-hydrogen) atoms. The van der Waals surface area contributed by atoms with Gasteiger partial charge in [-0.25, -0.2) is 4.68 Å². The van der Waals surface area contributed by atoms with Crippen LogP contribution in [-0.2, 0) is 14.3 Å². The van der Waals surface area contributed by atoms with Gasteiger partial charge in [-0.1, -0.05) is 55.5 Å². The van der Waals surface area contributed by atoms with Crippen LogP contribution in [0.25, 0.3) is 16.8 Å². The van der Waals surface area contributed by atoms with Crippen LogP contribution in [0.3, 0.4) is 0 Å². The van der Waals surface area contributed by atoms with Crippen molar-refractivity contribution < 1.29 is 14.3 Å². The number of amides is 2. The van der Waals surface area contributed by atoms with E-state index in [4.69, 9.17) is 4.74 Å². The summed E-state index contributed by atoms with van der Waals surface area (Å²) in [5.74, 6) is 0.360. The highest BCUT2D eigenvalue weighted by atomic mass is 16.5. The Kier molecular flexibility index (Phi) is 7.98. The third kappa shape index (κ3) is 5.98. The van der Waals surface area contributed by atoms with E-state index in [1.165, 1.54) is 0 Å². The highest BCUT2D eigenvalue weighted by Crippen LogP contribution is 2.29. The fourth-order valence-corrected chi connectivity index (χ4v) is 4.53. The minimum atomic E-state index is -0.262. The van der Waals surface area contributed by atoms with Crippen LogP contribution in [0.1, 0.15) is 33.6 Å². The number of rotatable bonds is 8. The summed E-state index contributed by atoms with van der Waals surface area (Å²) in [5.41, 5.74) is 2.67. The van der Waals surface area contributed by atoms with Crippen molar-refractivity contribution in [2.75, 3.05) is 25.1 Å². The second-order valence-electron chi connectivity index (χ2n) is 9.38. The third-order valence-corrected chi connectivity index (χ3v) is 6.66. The lowest BCUT2D eigenvalue weighted by atomic mass is 9.86. The number of hydrogen-bond acceptors (Lipinski definition) is 4. The summed E-state index contributed by atoms with van der Waals surface area (Å²) in [6.07, 6.45) is 3.67. The molecule has 0 saturated carbocycles. The van der Waals surface area contributed by atoms with Gasteiger partial charge in [-0.15, -0.1) is 5.10 Å². The van der Waals surface area contributed by atoms with Crippen LogP contribution in [0, 0.1) is 11.8 Å². The minimum absolute atomic E-state index is 0.0140. The molecule has 1 saturated heterocycles. The van der Waals surface area contributed by atoms with Crippen LogP contribution in [0.15, 0.2) is 66.9 Å². The molecule has 2 amide bonds. The standard InChI is InChI=1S/C28H34N4O3/c1-20(2)31(28(34)21(3)22-14-16-35-17-15-22)19-26(33)29-27-25(23-10-6-4-7-11-23)18-32(30-27)24-12-8-5-9-13-24/h4-13,18,20-22H,14-17,19H2,1-3H3,(H,29,30,33). The molecule has 0 bridgehead atoms. The number of anilines is 1. The van der Waals surface area contributed by atoms with E-state index in [1.54, 1.807) is 9.58 Å². The molecule has 2 aromatic carbocycles. The van der Waals surface area contributed by atoms with Crippen molar-refractivity contribution in [3.8, 4) is 16.8 Å². The molecule has 1 fully saturated rings. The quantitative estimate of drug-likeness (QED) is 0.510. The lowest BCUT2D eigenvalue weighted by Gasteiger charge is -2.33. The highest BCUT2D eigenvalue weighted by Gasteiger charge is 2.31. The molecule has 0 spiro atoms. The van der Waals surface area contributed by atoms with Gasteiger partial charge >= 0.3 is 0 Å². The van der Waals surface area contributed by atoms with Gasteiger partial charge in [0.25, 0.3) is 0 Å². The van der Waals surface area contributed by atoms with E-state index in [0.717, 1.165) is 29.7 Å². The summed E-state index contributed by atoms with van der Waals surface area (Å²) in [5, 5.41) is 7.64. The number of hydrogen-bond donors (Lipinski definition) is 1. The van der Waals surface area contributed by atoms with Gasteiger partial charge in [-0.2, -0.15) is 0 Å². The molecule has 2 heterocycles. The van der Waals surface area contributed by atoms with Gasteiger partial charge in [-0.05, 0) is 50.3 Å². The monoisotopic (exact) mass is 474 g/mol. The van der Waals surface area contributed by atoms with Crippen LogP contribution in [0.4, 0.5) is 5.82 Å². The Morgan fingerprint density at radius 1 is 1.03 bits per heavy atom. The van der Waals surface area contributed by atoms with Crippen molar-refractivity contribution in [2.24, 2.45) is 11.8 Å². The third-order valence-electron chi connectivity index (χ3n) is 6.66. The van der Waals surface area contributed by atoms with Gasteiger partial charge in [-0.3, -0.25) is 9.59 Å². The van der Waals surface area contributed by atoms with Crippen LogP contribution >= 0.6 is 0 Å². The van der Waals surface area contributed by atoms with E-state index in [1.807, 2.05) is 87.6 Å². The average Bonchev–Trinajstić information content (AvgIpc) is 3.31. The number of nitrogens with one attached hydrogen (secondary N) is 1. The van der Waals surface area contributed by atoms with Crippen molar-refractivity contribution in [3.63, 3.8) is 0 Å². The first-order valence-corrected chi connectivity index (χ1v) is 12.3. The van der Waals surface area contributed by atoms with E-state index < -0.39 is 0 Å². The highest BCUT2D eigenvalue weighted by molar-refractivity contribution is 5.97. The lowest BCUT2D eigenvalue weighted by Crippen LogP contribution is -2.46. The molecule has 184 valence electrons. The molecule has 1 aliphatic rings. The molecule has 1 unspecified atom stereocenters. The van der Waals surface area contributed by atoms with Gasteiger partial charge in [0.05, 0.1) is 5.69 Å². The Labute approximate surface area is 207 Å². The van der Waals surface area contributed by atoms with Gasteiger partial charge in [0, 0.05) is 36.9 Å². The van der Waals surface area contributed by atoms with E-state index >= 15 is 0 Å². The number of para-hydroxylation sites is 1. The Morgan fingerprint density at radius 2 is 1.66 bits per heavy atom. The zero-order valence-electron chi connectivity index (χ0n) is 20.7. The number of nitrogens with zero attached hydrogens (tertiary/aromatic N) is 3. The smallest absolute Gasteiger partial charge is 0.245 e. The van der Waals surface area contributed by atoms with Crippen LogP contribution in [0.2, 0.25) is 0 Å². The predicted octanol–water partition coefficient (Wildman–Crippen LogP) is 4.78. The molecule has 1 aromatic heterocycles. The summed E-state index contributed by atoms with van der Waals surface area (Å²) < 4.78 is 7.21. The summed E-state index contributed by atoms with van der Waals surface area (Å²) in [6.45, 7) is 7.23. The fourth-order valence-electron chi connectivity index (χ4n) is 4.53. The Balaban J connectivity index is 1.54. The molecular formula is C28H34N4O3. The van der Waals surface area contributed by atoms with Crippen LogP contribution in [0.5, 0.6) is 0 Å². The van der Waals surface area contributed by atoms with E-state index in [0.29, 0.717) is 19.0 Å². The van der Waals surface area contributed by atoms with Crippen LogP contribution in [-0.4, -0.2) is 52.3 Å². The number of ether oxygens (including phenoxy) is 1. The Hall–Kier alpha value is -3.45. The molecule has 4 rings (SSSR count). The van der Waals surface area contributed by atoms with Crippen molar-refractivity contribution in [2.45, 2.75) is 39.7 Å². The van der Waals surface area contributed by atoms with E-state index in [-0.39, 0.29) is 36.2 Å². The minimum Gasteiger partial charge on any atom is -0.381 e. The number of carbonyl (C=O) groups excluding carboxylic acids is 2. The molecule has 3 aromatic rings. The average molecular weight is 475 g/mol. The lowest BCUT2D eigenvalue weighted by molar-refractivity contribution is -0.142. The maximum Gasteiger partial charge on any atom is 0.245 e. The van der Waals surface area contributed by atoms with Crippen molar-refractivity contribution >= 4 is 17.6 Å². The zero-order valence-corrected chi connectivity index (χ0v) is 20.7. The molecule has 0 aliphatic carbocycles. The maximum atomic E-state index is 13.3. The summed E-state index contributed by atoms with van der Waals surface area (Å²) in [4.78, 5) is 28.2. The first kappa shape index (κ1) is 24.7. The van der Waals surface area contributed by atoms with E-state index in [9.17, 15) is 9.59 Å². The number of aromatic nitrogens is 2. The normalized spacial score (nSPS) is 15.1. The molecule has 7 heteroatoms. The molecule has 1 aliphatic heterocycles. The summed E-state index contributed by atoms with van der Waals surface area (Å²) >= 11 is 0. The van der Waals surface area contributed by atoms with Crippen molar-refractivity contribution in [3.05, 3.63) is 66.9 Å².